The van der Waals surface area contributed by atoms with Crippen molar-refractivity contribution in [1.29, 1.82) is 0 Å². The van der Waals surface area contributed by atoms with Gasteiger partial charge in [-0.2, -0.15) is 5.10 Å². The lowest BCUT2D eigenvalue weighted by Gasteiger charge is -2.06. The summed E-state index contributed by atoms with van der Waals surface area (Å²) in [6, 6.07) is 5.81. The normalized spacial score (nSPS) is 10.6. The van der Waals surface area contributed by atoms with Crippen LogP contribution in [0.1, 0.15) is 22.5 Å². The number of halogens is 2. The monoisotopic (exact) mass is 356 g/mol. The Morgan fingerprint density at radius 1 is 1.39 bits per heavy atom. The van der Waals surface area contributed by atoms with Crippen molar-refractivity contribution in [3.8, 4) is 0 Å². The first-order valence-electron chi connectivity index (χ1n) is 6.82. The second-order valence-corrected chi connectivity index (χ2v) is 5.53. The number of carbonyl (C=O) groups is 1. The number of aryl methyl sites for hydroxylation is 2. The van der Waals surface area contributed by atoms with E-state index in [0.29, 0.717) is 35.4 Å². The highest BCUT2D eigenvalue weighted by atomic mass is 35.5. The molecule has 7 nitrogen and oxygen atoms in total. The van der Waals surface area contributed by atoms with Crippen molar-refractivity contribution in [1.82, 2.24) is 15.1 Å². The molecule has 0 fully saturated rings. The predicted molar refractivity (Wildman–Crippen MR) is 87.0 cm³/mol. The molecule has 2 aromatic rings. The molecule has 0 atom stereocenters. The van der Waals surface area contributed by atoms with Crippen molar-refractivity contribution in [3.63, 3.8) is 0 Å². The number of nitrogens with zero attached hydrogens (tertiary/aromatic N) is 3. The molecule has 0 spiro atoms. The Labute approximate surface area is 142 Å². The van der Waals surface area contributed by atoms with Crippen LogP contribution < -0.4 is 5.32 Å². The van der Waals surface area contributed by atoms with Gasteiger partial charge in [-0.15, -0.1) is 0 Å². The van der Waals surface area contributed by atoms with E-state index in [1.807, 2.05) is 0 Å². The molecule has 122 valence electrons. The zero-order valence-electron chi connectivity index (χ0n) is 12.3. The van der Waals surface area contributed by atoms with Gasteiger partial charge in [0.15, 0.2) is 0 Å². The lowest BCUT2D eigenvalue weighted by molar-refractivity contribution is -0.385. The topological polar surface area (TPSA) is 90.1 Å². The summed E-state index contributed by atoms with van der Waals surface area (Å²) in [5, 5.41) is 18.5. The summed E-state index contributed by atoms with van der Waals surface area (Å²) < 4.78 is 1.55. The smallest absolute Gasteiger partial charge is 0.282 e. The van der Waals surface area contributed by atoms with Gasteiger partial charge >= 0.3 is 0 Å². The Morgan fingerprint density at radius 3 is 2.70 bits per heavy atom. The van der Waals surface area contributed by atoms with Crippen molar-refractivity contribution >= 4 is 34.8 Å². The number of rotatable bonds is 6. The maximum atomic E-state index is 12.0. The molecule has 0 unspecified atom stereocenters. The average Bonchev–Trinajstić information content (AvgIpc) is 2.78. The fourth-order valence-electron chi connectivity index (χ4n) is 2.03. The summed E-state index contributed by atoms with van der Waals surface area (Å²) in [5.41, 5.74) is 0.455. The molecule has 1 aromatic heterocycles. The largest absolute Gasteiger partial charge is 0.352 e. The van der Waals surface area contributed by atoms with E-state index in [1.54, 1.807) is 17.7 Å². The van der Waals surface area contributed by atoms with Gasteiger partial charge in [0.2, 0.25) is 0 Å². The van der Waals surface area contributed by atoms with Gasteiger partial charge in [-0.05, 0) is 19.4 Å². The number of nitro groups is 1. The van der Waals surface area contributed by atoms with Crippen LogP contribution in [0.2, 0.25) is 10.2 Å². The minimum atomic E-state index is -0.580. The van der Waals surface area contributed by atoms with Gasteiger partial charge in [0.05, 0.1) is 10.6 Å². The molecule has 23 heavy (non-hydrogen) atoms. The van der Waals surface area contributed by atoms with Crippen molar-refractivity contribution in [2.45, 2.75) is 19.9 Å². The third-order valence-corrected chi connectivity index (χ3v) is 4.11. The molecule has 1 amide bonds. The van der Waals surface area contributed by atoms with Crippen LogP contribution in [-0.4, -0.2) is 27.2 Å². The Morgan fingerprint density at radius 2 is 2.09 bits per heavy atom. The van der Waals surface area contributed by atoms with Gasteiger partial charge in [-0.25, -0.2) is 0 Å². The molecule has 9 heteroatoms. The number of amides is 1. The fraction of sp³-hybridized carbons (Fsp3) is 0.286. The van der Waals surface area contributed by atoms with Crippen molar-refractivity contribution in [2.75, 3.05) is 6.54 Å². The van der Waals surface area contributed by atoms with Crippen LogP contribution in [0.5, 0.6) is 0 Å². The van der Waals surface area contributed by atoms with Gasteiger partial charge in [-0.1, -0.05) is 35.3 Å². The quantitative estimate of drug-likeness (QED) is 0.488. The SMILES string of the molecule is Cc1nn(CCCNC(=O)c2ccccc2[N+](=O)[O-])c(Cl)c1Cl. The van der Waals surface area contributed by atoms with E-state index >= 15 is 0 Å². The number of hydrogen-bond acceptors (Lipinski definition) is 4. The summed E-state index contributed by atoms with van der Waals surface area (Å²) in [4.78, 5) is 22.3. The number of hydrogen-bond donors (Lipinski definition) is 1. The number of nitro benzene ring substituents is 1. The van der Waals surface area contributed by atoms with Crippen LogP contribution >= 0.6 is 23.2 Å². The van der Waals surface area contributed by atoms with E-state index in [-0.39, 0.29) is 11.3 Å². The van der Waals surface area contributed by atoms with E-state index in [9.17, 15) is 14.9 Å². The van der Waals surface area contributed by atoms with Crippen LogP contribution in [-0.2, 0) is 6.54 Å². The standard InChI is InChI=1S/C14H14Cl2N4O3/c1-9-12(15)13(16)19(18-9)8-4-7-17-14(21)10-5-2-3-6-11(10)20(22)23/h2-3,5-6H,4,7-8H2,1H3,(H,17,21). The van der Waals surface area contributed by atoms with Gasteiger partial charge in [0, 0.05) is 19.2 Å². The van der Waals surface area contributed by atoms with E-state index in [1.165, 1.54) is 18.2 Å². The molecule has 0 aliphatic heterocycles. The summed E-state index contributed by atoms with van der Waals surface area (Å²) >= 11 is 12.0. The van der Waals surface area contributed by atoms with Gasteiger partial charge in [-0.3, -0.25) is 19.6 Å². The van der Waals surface area contributed by atoms with Crippen LogP contribution in [0.3, 0.4) is 0 Å². The zero-order chi connectivity index (χ0) is 17.0. The Bertz CT molecular complexity index is 746. The third-order valence-electron chi connectivity index (χ3n) is 3.17. The molecule has 0 bridgehead atoms. The Balaban J connectivity index is 1.90. The fourth-order valence-corrected chi connectivity index (χ4v) is 2.42. The number of benzene rings is 1. The maximum absolute atomic E-state index is 12.0. The minimum Gasteiger partial charge on any atom is -0.352 e. The van der Waals surface area contributed by atoms with Gasteiger partial charge in [0.1, 0.15) is 15.7 Å². The molecule has 0 saturated heterocycles. The van der Waals surface area contributed by atoms with E-state index < -0.39 is 10.8 Å². The molecule has 1 aromatic carbocycles. The maximum Gasteiger partial charge on any atom is 0.282 e. The van der Waals surface area contributed by atoms with Gasteiger partial charge < -0.3 is 5.32 Å². The number of para-hydroxylation sites is 1. The van der Waals surface area contributed by atoms with Crippen LogP contribution in [0, 0.1) is 17.0 Å². The highest BCUT2D eigenvalue weighted by molar-refractivity contribution is 6.41. The summed E-state index contributed by atoms with van der Waals surface area (Å²) in [6.45, 7) is 2.56. The molecule has 0 saturated carbocycles. The molecular formula is C14H14Cl2N4O3. The van der Waals surface area contributed by atoms with E-state index in [4.69, 9.17) is 23.2 Å². The van der Waals surface area contributed by atoms with Gasteiger partial charge in [0.25, 0.3) is 11.6 Å². The highest BCUT2D eigenvalue weighted by Gasteiger charge is 2.18. The predicted octanol–water partition coefficient (Wildman–Crippen LogP) is 3.23. The van der Waals surface area contributed by atoms with E-state index in [2.05, 4.69) is 10.4 Å². The first kappa shape index (κ1) is 17.2. The van der Waals surface area contributed by atoms with Crippen LogP contribution in [0.4, 0.5) is 5.69 Å². The third kappa shape index (κ3) is 4.00. The lowest BCUT2D eigenvalue weighted by atomic mass is 10.1. The second kappa shape index (κ2) is 7.43. The first-order chi connectivity index (χ1) is 10.9. The first-order valence-corrected chi connectivity index (χ1v) is 7.57. The molecule has 1 N–H and O–H groups in total. The van der Waals surface area contributed by atoms with Crippen molar-refractivity contribution in [2.24, 2.45) is 0 Å². The lowest BCUT2D eigenvalue weighted by Crippen LogP contribution is -2.26. The highest BCUT2D eigenvalue weighted by Crippen LogP contribution is 2.24. The summed E-state index contributed by atoms with van der Waals surface area (Å²) in [5.74, 6) is -0.488. The summed E-state index contributed by atoms with van der Waals surface area (Å²) in [7, 11) is 0. The molecule has 1 heterocycles. The minimum absolute atomic E-state index is 0.0357. The molecular weight excluding hydrogens is 343 g/mol. The van der Waals surface area contributed by atoms with E-state index in [0.717, 1.165) is 0 Å². The molecule has 0 aliphatic rings. The second-order valence-electron chi connectivity index (χ2n) is 4.80. The Kier molecular flexibility index (Phi) is 5.57. The Hall–Kier alpha value is -2.12. The number of aromatic nitrogens is 2. The number of nitrogens with one attached hydrogen (secondary N) is 1. The molecule has 2 rings (SSSR count). The molecule has 0 radical (unpaired) electrons. The van der Waals surface area contributed by atoms with Crippen LogP contribution in [0.15, 0.2) is 24.3 Å². The van der Waals surface area contributed by atoms with Crippen LogP contribution in [0.25, 0.3) is 0 Å². The summed E-state index contributed by atoms with van der Waals surface area (Å²) in [6.07, 6.45) is 0.559. The zero-order valence-corrected chi connectivity index (χ0v) is 13.8. The van der Waals surface area contributed by atoms with Crippen molar-refractivity contribution < 1.29 is 9.72 Å². The van der Waals surface area contributed by atoms with Crippen molar-refractivity contribution in [3.05, 3.63) is 55.8 Å². The average molecular weight is 357 g/mol. The molecule has 0 aliphatic carbocycles. The number of carbonyl (C=O) groups excluding carboxylic acids is 1.